The molecule has 2 amide bonds. The second-order valence-electron chi connectivity index (χ2n) is 8.73. The Morgan fingerprint density at radius 2 is 1.62 bits per heavy atom. The van der Waals surface area contributed by atoms with E-state index in [1.165, 1.54) is 11.8 Å². The Labute approximate surface area is 238 Å². The molecule has 0 saturated heterocycles. The molecule has 0 aliphatic carbocycles. The summed E-state index contributed by atoms with van der Waals surface area (Å²) < 4.78 is 0. The monoisotopic (exact) mass is 576 g/mol. The molecule has 3 aromatic rings. The van der Waals surface area contributed by atoms with Crippen LogP contribution in [0.25, 0.3) is 0 Å². The van der Waals surface area contributed by atoms with Crippen molar-refractivity contribution < 1.29 is 9.59 Å². The Hall–Kier alpha value is -2.18. The van der Waals surface area contributed by atoms with Gasteiger partial charge in [0.2, 0.25) is 11.8 Å². The van der Waals surface area contributed by atoms with E-state index in [2.05, 4.69) is 12.2 Å². The van der Waals surface area contributed by atoms with E-state index in [0.29, 0.717) is 33.8 Å². The molecule has 0 saturated carbocycles. The van der Waals surface area contributed by atoms with Crippen LogP contribution in [0.3, 0.4) is 0 Å². The van der Waals surface area contributed by atoms with Crippen LogP contribution < -0.4 is 5.32 Å². The van der Waals surface area contributed by atoms with Gasteiger partial charge in [-0.1, -0.05) is 96.7 Å². The first kappa shape index (κ1) is 29.4. The fraction of sp³-hybridized carbons (Fsp3) is 0.310. The number of hydrogen-bond donors (Lipinski definition) is 1. The summed E-state index contributed by atoms with van der Waals surface area (Å²) in [5.41, 5.74) is 2.79. The van der Waals surface area contributed by atoms with Crippen LogP contribution in [0.5, 0.6) is 0 Å². The summed E-state index contributed by atoms with van der Waals surface area (Å²) in [6, 6.07) is 21.8. The van der Waals surface area contributed by atoms with Crippen molar-refractivity contribution in [1.29, 1.82) is 0 Å². The summed E-state index contributed by atoms with van der Waals surface area (Å²) in [6.45, 7) is 2.84. The number of benzene rings is 3. The minimum atomic E-state index is -0.686. The average Bonchev–Trinajstić information content (AvgIpc) is 2.89. The second kappa shape index (κ2) is 15.3. The zero-order chi connectivity index (χ0) is 26.6. The number of amides is 2. The number of hydrogen-bond acceptors (Lipinski definition) is 3. The van der Waals surface area contributed by atoms with Gasteiger partial charge in [-0.3, -0.25) is 9.59 Å². The minimum absolute atomic E-state index is 0.128. The largest absolute Gasteiger partial charge is 0.354 e. The van der Waals surface area contributed by atoms with Gasteiger partial charge in [0.1, 0.15) is 6.04 Å². The van der Waals surface area contributed by atoms with Gasteiger partial charge >= 0.3 is 0 Å². The standard InChI is InChI=1S/C29H31Cl3N2O2S/c1-2-3-15-33-29(36)27(16-21-7-5-4-6-8-21)34(18-23-11-14-25(31)17-26(23)32)28(35)20-37-19-22-9-12-24(30)13-10-22/h4-14,17,27H,2-3,15-16,18-20H2,1H3,(H,33,36). The van der Waals surface area contributed by atoms with E-state index in [1.54, 1.807) is 23.1 Å². The van der Waals surface area contributed by atoms with Crippen LogP contribution in [0, 0.1) is 0 Å². The molecule has 1 N–H and O–H groups in total. The smallest absolute Gasteiger partial charge is 0.243 e. The molecule has 3 rings (SSSR count). The maximum Gasteiger partial charge on any atom is 0.243 e. The lowest BCUT2D eigenvalue weighted by Crippen LogP contribution is -2.51. The van der Waals surface area contributed by atoms with E-state index in [-0.39, 0.29) is 24.1 Å². The predicted octanol–water partition coefficient (Wildman–Crippen LogP) is 7.44. The van der Waals surface area contributed by atoms with Gasteiger partial charge in [-0.15, -0.1) is 11.8 Å². The van der Waals surface area contributed by atoms with Crippen LogP contribution in [0.4, 0.5) is 0 Å². The third-order valence-corrected chi connectivity index (χ3v) is 7.69. The molecule has 196 valence electrons. The molecule has 4 nitrogen and oxygen atoms in total. The normalized spacial score (nSPS) is 11.7. The molecule has 1 atom stereocenters. The van der Waals surface area contributed by atoms with Crippen molar-refractivity contribution in [2.75, 3.05) is 12.3 Å². The summed E-state index contributed by atoms with van der Waals surface area (Å²) in [6.07, 6.45) is 2.24. The maximum atomic E-state index is 13.7. The molecule has 0 fully saturated rings. The van der Waals surface area contributed by atoms with Crippen LogP contribution in [0.1, 0.15) is 36.5 Å². The van der Waals surface area contributed by atoms with Crippen LogP contribution >= 0.6 is 46.6 Å². The van der Waals surface area contributed by atoms with Gasteiger partial charge in [0, 0.05) is 40.3 Å². The molecular weight excluding hydrogens is 547 g/mol. The van der Waals surface area contributed by atoms with Crippen molar-refractivity contribution in [3.63, 3.8) is 0 Å². The summed E-state index contributed by atoms with van der Waals surface area (Å²) in [7, 11) is 0. The summed E-state index contributed by atoms with van der Waals surface area (Å²) >= 11 is 20.1. The predicted molar refractivity (Wildman–Crippen MR) is 156 cm³/mol. The Bertz CT molecular complexity index is 1160. The van der Waals surface area contributed by atoms with Gasteiger partial charge < -0.3 is 10.2 Å². The number of thioether (sulfide) groups is 1. The van der Waals surface area contributed by atoms with E-state index in [9.17, 15) is 9.59 Å². The number of rotatable bonds is 13. The molecule has 1 unspecified atom stereocenters. The lowest BCUT2D eigenvalue weighted by atomic mass is 10.0. The molecule has 8 heteroatoms. The van der Waals surface area contributed by atoms with Crippen molar-refractivity contribution in [2.45, 2.75) is 44.5 Å². The van der Waals surface area contributed by atoms with Crippen LogP contribution in [-0.4, -0.2) is 35.1 Å². The zero-order valence-electron chi connectivity index (χ0n) is 20.8. The molecule has 0 spiro atoms. The van der Waals surface area contributed by atoms with Crippen LogP contribution in [0.2, 0.25) is 15.1 Å². The van der Waals surface area contributed by atoms with Crippen molar-refractivity contribution in [3.8, 4) is 0 Å². The van der Waals surface area contributed by atoms with Gasteiger partial charge in [0.15, 0.2) is 0 Å². The fourth-order valence-electron chi connectivity index (χ4n) is 3.81. The highest BCUT2D eigenvalue weighted by Gasteiger charge is 2.30. The molecule has 0 radical (unpaired) electrons. The SMILES string of the molecule is CCCCNC(=O)C(Cc1ccccc1)N(Cc1ccc(Cl)cc1Cl)C(=O)CSCc1ccc(Cl)cc1. The number of nitrogens with zero attached hydrogens (tertiary/aromatic N) is 1. The first-order chi connectivity index (χ1) is 17.9. The topological polar surface area (TPSA) is 49.4 Å². The highest BCUT2D eigenvalue weighted by molar-refractivity contribution is 7.99. The lowest BCUT2D eigenvalue weighted by molar-refractivity contribution is -0.139. The van der Waals surface area contributed by atoms with E-state index >= 15 is 0 Å². The Morgan fingerprint density at radius 3 is 2.30 bits per heavy atom. The molecule has 0 aliphatic rings. The van der Waals surface area contributed by atoms with Gasteiger partial charge in [-0.05, 0) is 47.4 Å². The van der Waals surface area contributed by atoms with Gasteiger partial charge in [0.25, 0.3) is 0 Å². The summed E-state index contributed by atoms with van der Waals surface area (Å²) in [4.78, 5) is 28.8. The number of nitrogens with one attached hydrogen (secondary N) is 1. The first-order valence-electron chi connectivity index (χ1n) is 12.2. The zero-order valence-corrected chi connectivity index (χ0v) is 23.8. The highest BCUT2D eigenvalue weighted by Crippen LogP contribution is 2.25. The van der Waals surface area contributed by atoms with Gasteiger partial charge in [-0.25, -0.2) is 0 Å². The summed E-state index contributed by atoms with van der Waals surface area (Å²) in [5.74, 6) is 0.585. The van der Waals surface area contributed by atoms with E-state index in [4.69, 9.17) is 34.8 Å². The van der Waals surface area contributed by atoms with E-state index < -0.39 is 6.04 Å². The minimum Gasteiger partial charge on any atom is -0.354 e. The fourth-order valence-corrected chi connectivity index (χ4v) is 5.28. The van der Waals surface area contributed by atoms with Crippen molar-refractivity contribution in [3.05, 3.63) is 105 Å². The number of unbranched alkanes of at least 4 members (excludes halogenated alkanes) is 1. The average molecular weight is 578 g/mol. The first-order valence-corrected chi connectivity index (χ1v) is 14.5. The maximum absolute atomic E-state index is 13.7. The number of carbonyl (C=O) groups is 2. The quantitative estimate of drug-likeness (QED) is 0.215. The van der Waals surface area contributed by atoms with Crippen molar-refractivity contribution in [1.82, 2.24) is 10.2 Å². The highest BCUT2D eigenvalue weighted by atomic mass is 35.5. The van der Waals surface area contributed by atoms with Crippen LogP contribution in [0.15, 0.2) is 72.8 Å². The second-order valence-corrected chi connectivity index (χ2v) is 11.0. The summed E-state index contributed by atoms with van der Waals surface area (Å²) in [5, 5.41) is 4.68. The molecule has 0 aromatic heterocycles. The van der Waals surface area contributed by atoms with Gasteiger partial charge in [0.05, 0.1) is 5.75 Å². The van der Waals surface area contributed by atoms with E-state index in [1.807, 2.05) is 54.6 Å². The van der Waals surface area contributed by atoms with E-state index in [0.717, 1.165) is 29.5 Å². The number of halogens is 3. The van der Waals surface area contributed by atoms with Crippen molar-refractivity contribution in [2.24, 2.45) is 0 Å². The third-order valence-electron chi connectivity index (χ3n) is 5.86. The van der Waals surface area contributed by atoms with Crippen LogP contribution in [-0.2, 0) is 28.3 Å². The van der Waals surface area contributed by atoms with Gasteiger partial charge in [-0.2, -0.15) is 0 Å². The molecule has 37 heavy (non-hydrogen) atoms. The molecule has 3 aromatic carbocycles. The molecule has 0 bridgehead atoms. The Balaban J connectivity index is 1.85. The third kappa shape index (κ3) is 9.57. The number of carbonyl (C=O) groups excluding carboxylic acids is 2. The molecular formula is C29H31Cl3N2O2S. The molecule has 0 heterocycles. The Kier molecular flexibility index (Phi) is 12.1. The lowest BCUT2D eigenvalue weighted by Gasteiger charge is -2.32. The Morgan fingerprint density at radius 1 is 0.919 bits per heavy atom. The molecule has 0 aliphatic heterocycles. The van der Waals surface area contributed by atoms with Crippen molar-refractivity contribution >= 4 is 58.4 Å².